The third-order valence-electron chi connectivity index (χ3n) is 11.0. The standard InChI is InChI=1S/C51H30N2O2/c1-4-17-41-37(14-1)38-15-2-5-18-42(38)51(41)43-19-6-3-16-39(43)40-25-24-33(30-44(40)51)31-12-11-13-32(26-31)34-27-35(49-52-45-20-7-9-22-47(45)54-49)29-36(28-34)50-53-46-21-8-10-23-48(46)55-50/h1-30H/i7D,8D,9D,10D,20D,21D,22D,23D. The van der Waals surface area contributed by atoms with Crippen LogP contribution in [0.5, 0.6) is 0 Å². The average molecular weight is 711 g/mol. The Hall–Kier alpha value is -7.30. The van der Waals surface area contributed by atoms with Crippen LogP contribution < -0.4 is 0 Å². The van der Waals surface area contributed by atoms with E-state index < -0.39 is 29.6 Å². The highest BCUT2D eigenvalue weighted by Gasteiger charge is 2.51. The first-order valence-electron chi connectivity index (χ1n) is 22.0. The van der Waals surface area contributed by atoms with Gasteiger partial charge < -0.3 is 8.83 Å². The molecule has 0 unspecified atom stereocenters. The SMILES string of the molecule is [2H]c1c([2H])c([2H])c2oc(-c3cc(-c4cccc(-c5ccc6c(c5)C5(c7ccccc7-c7ccccc75)c5ccccc5-6)c4)cc(-c4nc5c([2H])c([2H])c([2H])c([2H])c5o4)c3)nc2c1[2H]. The topological polar surface area (TPSA) is 52.1 Å². The minimum Gasteiger partial charge on any atom is -0.436 e. The van der Waals surface area contributed by atoms with E-state index in [1.54, 1.807) is 6.07 Å². The van der Waals surface area contributed by atoms with E-state index in [0.29, 0.717) is 16.7 Å². The van der Waals surface area contributed by atoms with Gasteiger partial charge in [0.25, 0.3) is 0 Å². The molecule has 0 N–H and O–H groups in total. The monoisotopic (exact) mass is 710 g/mol. The van der Waals surface area contributed by atoms with Crippen LogP contribution in [0.2, 0.25) is 0 Å². The second-order valence-corrected chi connectivity index (χ2v) is 13.9. The van der Waals surface area contributed by atoms with Crippen molar-refractivity contribution < 1.29 is 19.8 Å². The number of benzene rings is 8. The molecule has 10 aromatic rings. The van der Waals surface area contributed by atoms with Crippen molar-refractivity contribution in [3.8, 4) is 67.4 Å². The minimum absolute atomic E-state index is 0.0144. The molecular formula is C51H30N2O2. The van der Waals surface area contributed by atoms with Crippen molar-refractivity contribution in [1.82, 2.24) is 9.97 Å². The fourth-order valence-corrected chi connectivity index (χ4v) is 8.78. The van der Waals surface area contributed by atoms with Crippen molar-refractivity contribution in [1.29, 1.82) is 0 Å². The molecule has 256 valence electrons. The highest BCUT2D eigenvalue weighted by molar-refractivity contribution is 5.96. The molecule has 0 saturated carbocycles. The Kier molecular flexibility index (Phi) is 4.83. The van der Waals surface area contributed by atoms with Crippen LogP contribution in [0.3, 0.4) is 0 Å². The Bertz CT molecular complexity index is 3380. The normalized spacial score (nSPS) is 15.3. The predicted octanol–water partition coefficient (Wildman–Crippen LogP) is 13.0. The molecule has 2 aromatic heterocycles. The lowest BCUT2D eigenvalue weighted by molar-refractivity contribution is 0.617. The summed E-state index contributed by atoms with van der Waals surface area (Å²) in [7, 11) is 0. The molecule has 2 aliphatic rings. The molecule has 0 radical (unpaired) electrons. The largest absolute Gasteiger partial charge is 0.436 e. The van der Waals surface area contributed by atoms with Crippen LogP contribution in [-0.2, 0) is 5.41 Å². The molecule has 55 heavy (non-hydrogen) atoms. The number of hydrogen-bond acceptors (Lipinski definition) is 4. The Morgan fingerprint density at radius 3 is 1.38 bits per heavy atom. The first-order chi connectivity index (χ1) is 30.5. The van der Waals surface area contributed by atoms with E-state index in [9.17, 15) is 0 Å². The van der Waals surface area contributed by atoms with E-state index in [0.717, 1.165) is 16.7 Å². The van der Waals surface area contributed by atoms with E-state index in [2.05, 4.69) is 113 Å². The van der Waals surface area contributed by atoms with Crippen LogP contribution >= 0.6 is 0 Å². The van der Waals surface area contributed by atoms with Gasteiger partial charge in [-0.15, -0.1) is 0 Å². The molecule has 0 bridgehead atoms. The quantitative estimate of drug-likeness (QED) is 0.182. The minimum atomic E-state index is -0.506. The molecule has 2 aliphatic carbocycles. The molecule has 2 heterocycles. The van der Waals surface area contributed by atoms with E-state index in [1.165, 1.54) is 44.5 Å². The van der Waals surface area contributed by atoms with Gasteiger partial charge >= 0.3 is 0 Å². The Labute approximate surface area is 328 Å². The highest BCUT2D eigenvalue weighted by atomic mass is 16.4. The van der Waals surface area contributed by atoms with Gasteiger partial charge in [0.1, 0.15) is 11.0 Å². The zero-order chi connectivity index (χ0) is 43.1. The zero-order valence-corrected chi connectivity index (χ0v) is 28.9. The molecule has 8 aromatic carbocycles. The van der Waals surface area contributed by atoms with Crippen LogP contribution in [0.15, 0.2) is 191 Å². The predicted molar refractivity (Wildman–Crippen MR) is 220 cm³/mol. The number of nitrogens with zero attached hydrogens (tertiary/aromatic N) is 2. The lowest BCUT2D eigenvalue weighted by Crippen LogP contribution is -2.25. The van der Waals surface area contributed by atoms with Gasteiger partial charge in [0.2, 0.25) is 11.8 Å². The lowest BCUT2D eigenvalue weighted by atomic mass is 9.70. The Morgan fingerprint density at radius 1 is 0.382 bits per heavy atom. The summed E-state index contributed by atoms with van der Waals surface area (Å²) in [6.07, 6.45) is 0. The third kappa shape index (κ3) is 4.34. The molecule has 1 spiro atoms. The van der Waals surface area contributed by atoms with Crippen molar-refractivity contribution in [2.45, 2.75) is 5.41 Å². The van der Waals surface area contributed by atoms with Gasteiger partial charge in [-0.2, -0.15) is 0 Å². The Morgan fingerprint density at radius 2 is 0.818 bits per heavy atom. The van der Waals surface area contributed by atoms with Crippen molar-refractivity contribution in [3.63, 3.8) is 0 Å². The van der Waals surface area contributed by atoms with Crippen molar-refractivity contribution >= 4 is 22.2 Å². The van der Waals surface area contributed by atoms with E-state index in [-0.39, 0.29) is 58.2 Å². The summed E-state index contributed by atoms with van der Waals surface area (Å²) in [6, 6.07) is 43.3. The van der Waals surface area contributed by atoms with Crippen LogP contribution in [0, 0.1) is 0 Å². The number of para-hydroxylation sites is 4. The summed E-state index contributed by atoms with van der Waals surface area (Å²) < 4.78 is 79.0. The first-order valence-corrected chi connectivity index (χ1v) is 18.0. The number of rotatable bonds is 4. The van der Waals surface area contributed by atoms with Gasteiger partial charge in [-0.25, -0.2) is 9.97 Å². The summed E-state index contributed by atoms with van der Waals surface area (Å²) in [5.41, 5.74) is 13.5. The number of hydrogen-bond donors (Lipinski definition) is 0. The number of aromatic nitrogens is 2. The summed E-state index contributed by atoms with van der Waals surface area (Å²) in [4.78, 5) is 9.11. The average Bonchev–Trinajstić information content (AvgIpc) is 4.11. The second-order valence-electron chi connectivity index (χ2n) is 13.9. The fourth-order valence-electron chi connectivity index (χ4n) is 8.78. The van der Waals surface area contributed by atoms with Crippen molar-refractivity contribution in [2.75, 3.05) is 0 Å². The fraction of sp³-hybridized carbons (Fsp3) is 0.0196. The number of fused-ring (bicyclic) bond motifs is 12. The summed E-state index contributed by atoms with van der Waals surface area (Å²) in [5, 5.41) is 0. The second kappa shape index (κ2) is 11.3. The molecule has 0 fully saturated rings. The molecule has 0 aliphatic heterocycles. The molecule has 4 heteroatoms. The van der Waals surface area contributed by atoms with E-state index in [1.807, 2.05) is 24.3 Å². The molecule has 0 amide bonds. The van der Waals surface area contributed by atoms with Gasteiger partial charge in [0, 0.05) is 11.1 Å². The van der Waals surface area contributed by atoms with Crippen molar-refractivity contribution in [3.05, 3.63) is 204 Å². The van der Waals surface area contributed by atoms with Crippen LogP contribution in [0.4, 0.5) is 0 Å². The van der Waals surface area contributed by atoms with Gasteiger partial charge in [-0.05, 0) is 121 Å². The van der Waals surface area contributed by atoms with Gasteiger partial charge in [-0.3, -0.25) is 0 Å². The van der Waals surface area contributed by atoms with Crippen LogP contribution in [0.1, 0.15) is 33.2 Å². The smallest absolute Gasteiger partial charge is 0.227 e. The summed E-state index contributed by atoms with van der Waals surface area (Å²) in [6.45, 7) is 0. The summed E-state index contributed by atoms with van der Waals surface area (Å²) in [5.74, 6) is 0.0782. The Balaban J connectivity index is 1.05. The van der Waals surface area contributed by atoms with Crippen molar-refractivity contribution in [2.24, 2.45) is 0 Å². The molecule has 0 saturated heterocycles. The highest BCUT2D eigenvalue weighted by Crippen LogP contribution is 2.63. The van der Waals surface area contributed by atoms with Gasteiger partial charge in [-0.1, -0.05) is 127 Å². The molecule has 4 nitrogen and oxygen atoms in total. The van der Waals surface area contributed by atoms with Gasteiger partial charge in [0.15, 0.2) is 11.2 Å². The maximum Gasteiger partial charge on any atom is 0.227 e. The lowest BCUT2D eigenvalue weighted by Gasteiger charge is -2.30. The zero-order valence-electron chi connectivity index (χ0n) is 36.9. The maximum atomic E-state index is 8.50. The molecule has 0 atom stereocenters. The van der Waals surface area contributed by atoms with Gasteiger partial charge in [0.05, 0.1) is 16.4 Å². The number of oxazole rings is 2. The third-order valence-corrected chi connectivity index (χ3v) is 11.0. The molecular weight excluding hydrogens is 673 g/mol. The first kappa shape index (κ1) is 23.4. The van der Waals surface area contributed by atoms with E-state index >= 15 is 0 Å². The van der Waals surface area contributed by atoms with Crippen LogP contribution in [-0.4, -0.2) is 9.97 Å². The maximum absolute atomic E-state index is 8.50. The molecule has 12 rings (SSSR count). The summed E-state index contributed by atoms with van der Waals surface area (Å²) >= 11 is 0. The van der Waals surface area contributed by atoms with Crippen LogP contribution in [0.25, 0.3) is 89.6 Å². The van der Waals surface area contributed by atoms with E-state index in [4.69, 9.17) is 19.8 Å².